The van der Waals surface area contributed by atoms with Crippen molar-refractivity contribution in [2.45, 2.75) is 16.5 Å². The summed E-state index contributed by atoms with van der Waals surface area (Å²) in [6.07, 6.45) is 2.28. The summed E-state index contributed by atoms with van der Waals surface area (Å²) in [6.45, 7) is 0. The number of halogens is 1. The number of thiazole rings is 1. The Kier molecular flexibility index (Phi) is 7.11. The fraction of sp³-hybridized carbons (Fsp3) is 0.556. The molecule has 1 aromatic rings. The van der Waals surface area contributed by atoms with Crippen molar-refractivity contribution in [1.29, 1.82) is 0 Å². The van der Waals surface area contributed by atoms with E-state index in [1.165, 1.54) is 0 Å². The molecule has 1 heterocycles. The Labute approximate surface area is 124 Å². The first-order valence-electron chi connectivity index (χ1n) is 5.16. The number of amidine groups is 1. The molecule has 0 radical (unpaired) electrons. The van der Waals surface area contributed by atoms with Crippen LogP contribution in [0.3, 0.4) is 0 Å². The number of hydrogen-bond donors (Lipinski definition) is 1. The molecule has 0 spiro atoms. The molecule has 2 N–H and O–H groups in total. The summed E-state index contributed by atoms with van der Waals surface area (Å²) in [7, 11) is -4.03. The van der Waals surface area contributed by atoms with E-state index >= 15 is 0 Å². The van der Waals surface area contributed by atoms with E-state index in [0.29, 0.717) is 12.2 Å². The zero-order chi connectivity index (χ0) is 14.3. The normalized spacial score (nSPS) is 12.8. The number of hydrogen-bond acceptors (Lipinski definition) is 6. The summed E-state index contributed by atoms with van der Waals surface area (Å²) in [4.78, 5) is 4.37. The molecule has 10 heteroatoms. The van der Waals surface area contributed by atoms with Gasteiger partial charge in [0.1, 0.15) is 10.2 Å². The molecule has 108 valence electrons. The first-order valence-corrected chi connectivity index (χ1v) is 10.0. The van der Waals surface area contributed by atoms with Crippen molar-refractivity contribution in [1.82, 2.24) is 4.98 Å². The van der Waals surface area contributed by atoms with Crippen molar-refractivity contribution in [3.05, 3.63) is 11.1 Å². The number of alkyl halides is 1. The fourth-order valence-electron chi connectivity index (χ4n) is 1.05. The summed E-state index contributed by atoms with van der Waals surface area (Å²) >= 11 is 4.77. The van der Waals surface area contributed by atoms with Gasteiger partial charge < -0.3 is 5.73 Å². The van der Waals surface area contributed by atoms with Crippen molar-refractivity contribution in [2.75, 3.05) is 18.0 Å². The van der Waals surface area contributed by atoms with Gasteiger partial charge in [0.2, 0.25) is 6.01 Å². The molecule has 5 nitrogen and oxygen atoms in total. The highest BCUT2D eigenvalue weighted by Gasteiger charge is 2.08. The number of thioether (sulfide) groups is 2. The second-order valence-corrected chi connectivity index (χ2v) is 7.97. The summed E-state index contributed by atoms with van der Waals surface area (Å²) < 4.78 is 37.9. The molecule has 1 aromatic heterocycles. The smallest absolute Gasteiger partial charge is 0.284 e. The zero-order valence-electron chi connectivity index (χ0n) is 10.2. The van der Waals surface area contributed by atoms with Crippen molar-refractivity contribution >= 4 is 50.7 Å². The molecule has 0 saturated carbocycles. The van der Waals surface area contributed by atoms with Crippen LogP contribution < -0.4 is 5.73 Å². The van der Waals surface area contributed by atoms with Gasteiger partial charge in [-0.25, -0.2) is 17.8 Å². The molecule has 0 fully saturated rings. The molecule has 19 heavy (non-hydrogen) atoms. The number of rotatable bonds is 8. The Morgan fingerprint density at radius 3 is 2.95 bits per heavy atom. The molecule has 0 aliphatic heterocycles. The van der Waals surface area contributed by atoms with Crippen LogP contribution in [0.25, 0.3) is 0 Å². The van der Waals surface area contributed by atoms with Crippen LogP contribution in [-0.2, 0) is 15.8 Å². The highest BCUT2D eigenvalue weighted by Crippen LogP contribution is 2.22. The molecule has 0 aliphatic carbocycles. The number of aromatic nitrogens is 1. The highest BCUT2D eigenvalue weighted by molar-refractivity contribution is 8.00. The predicted octanol–water partition coefficient (Wildman–Crippen LogP) is 2.10. The Balaban J connectivity index is 2.31. The van der Waals surface area contributed by atoms with Gasteiger partial charge in [-0.05, 0) is 6.26 Å². The lowest BCUT2D eigenvalue weighted by Gasteiger charge is -2.00. The van der Waals surface area contributed by atoms with Crippen LogP contribution in [0, 0.1) is 0 Å². The molecular formula is C9H14FN3O2S4. The van der Waals surface area contributed by atoms with Crippen LogP contribution in [0.5, 0.6) is 0 Å². The molecular weight excluding hydrogens is 329 g/mol. The molecule has 0 amide bonds. The summed E-state index contributed by atoms with van der Waals surface area (Å²) in [6, 6.07) is -1.52. The SMILES string of the molecule is CSc1nc(CSCCC(N)=NS(=O)(=O)CF)cs1. The monoisotopic (exact) mass is 343 g/mol. The molecule has 1 rings (SSSR count). The third kappa shape index (κ3) is 6.59. The molecule has 0 aliphatic rings. The van der Waals surface area contributed by atoms with Crippen molar-refractivity contribution in [3.8, 4) is 0 Å². The predicted molar refractivity (Wildman–Crippen MR) is 81.2 cm³/mol. The van der Waals surface area contributed by atoms with Crippen molar-refractivity contribution in [2.24, 2.45) is 10.1 Å². The van der Waals surface area contributed by atoms with Crippen LogP contribution >= 0.6 is 34.9 Å². The Hall–Kier alpha value is -0.320. The van der Waals surface area contributed by atoms with E-state index in [2.05, 4.69) is 9.38 Å². The van der Waals surface area contributed by atoms with Gasteiger partial charge in [0, 0.05) is 23.3 Å². The largest absolute Gasteiger partial charge is 0.386 e. The quantitative estimate of drug-likeness (QED) is 0.337. The summed E-state index contributed by atoms with van der Waals surface area (Å²) in [5, 5.41) is 1.99. The summed E-state index contributed by atoms with van der Waals surface area (Å²) in [5.74, 6) is 1.29. The zero-order valence-corrected chi connectivity index (χ0v) is 13.5. The minimum absolute atomic E-state index is 0.0618. The van der Waals surface area contributed by atoms with Crippen molar-refractivity contribution in [3.63, 3.8) is 0 Å². The van der Waals surface area contributed by atoms with Gasteiger partial charge in [-0.3, -0.25) is 0 Å². The average Bonchev–Trinajstić information content (AvgIpc) is 2.82. The molecule has 0 aromatic carbocycles. The highest BCUT2D eigenvalue weighted by atomic mass is 32.2. The van der Waals surface area contributed by atoms with Crippen LogP contribution in [-0.4, -0.2) is 37.3 Å². The van der Waals surface area contributed by atoms with Crippen LogP contribution in [0.15, 0.2) is 14.1 Å². The Morgan fingerprint density at radius 2 is 2.37 bits per heavy atom. The topological polar surface area (TPSA) is 85.4 Å². The van der Waals surface area contributed by atoms with Crippen LogP contribution in [0.4, 0.5) is 4.39 Å². The van der Waals surface area contributed by atoms with E-state index < -0.39 is 16.0 Å². The van der Waals surface area contributed by atoms with E-state index in [9.17, 15) is 12.8 Å². The molecule has 0 bridgehead atoms. The minimum atomic E-state index is -4.03. The molecule has 0 saturated heterocycles. The van der Waals surface area contributed by atoms with Gasteiger partial charge in [-0.2, -0.15) is 11.8 Å². The molecule has 0 unspecified atom stereocenters. The van der Waals surface area contributed by atoms with Crippen LogP contribution in [0.2, 0.25) is 0 Å². The first-order chi connectivity index (χ1) is 8.96. The second-order valence-electron chi connectivity index (χ2n) is 3.39. The second kappa shape index (κ2) is 8.08. The van der Waals surface area contributed by atoms with Gasteiger partial charge >= 0.3 is 0 Å². The summed E-state index contributed by atoms with van der Waals surface area (Å²) in [5.41, 5.74) is 6.41. The standard InChI is InChI=1S/C9H14FN3O2S4/c1-16-9-12-7(5-18-9)4-17-3-2-8(11)13-19(14,15)6-10/h5H,2-4,6H2,1H3,(H2,11,13). The third-order valence-electron chi connectivity index (χ3n) is 1.85. The lowest BCUT2D eigenvalue weighted by Crippen LogP contribution is -2.16. The third-order valence-corrected chi connectivity index (χ3v) is 5.55. The lowest BCUT2D eigenvalue weighted by atomic mass is 10.5. The van der Waals surface area contributed by atoms with E-state index in [1.807, 2.05) is 11.6 Å². The van der Waals surface area contributed by atoms with Gasteiger partial charge in [-0.1, -0.05) is 11.8 Å². The van der Waals surface area contributed by atoms with E-state index in [4.69, 9.17) is 5.73 Å². The minimum Gasteiger partial charge on any atom is -0.386 e. The van der Waals surface area contributed by atoms with Gasteiger partial charge in [0.05, 0.1) is 5.69 Å². The Bertz CT molecular complexity index is 529. The fourth-order valence-corrected chi connectivity index (χ4v) is 3.79. The first kappa shape index (κ1) is 16.7. The maximum atomic E-state index is 12.0. The maximum Gasteiger partial charge on any atom is 0.284 e. The van der Waals surface area contributed by atoms with E-state index in [0.717, 1.165) is 15.8 Å². The van der Waals surface area contributed by atoms with E-state index in [1.54, 1.807) is 34.9 Å². The number of nitrogens with two attached hydrogens (primary N) is 1. The van der Waals surface area contributed by atoms with Gasteiger partial charge in [0.15, 0.2) is 0 Å². The number of nitrogens with zero attached hydrogens (tertiary/aromatic N) is 2. The average molecular weight is 343 g/mol. The number of sulfonamides is 1. The van der Waals surface area contributed by atoms with E-state index in [-0.39, 0.29) is 5.84 Å². The lowest BCUT2D eigenvalue weighted by molar-refractivity contribution is 0.536. The van der Waals surface area contributed by atoms with Gasteiger partial charge in [0.25, 0.3) is 10.0 Å². The van der Waals surface area contributed by atoms with Crippen LogP contribution in [0.1, 0.15) is 12.1 Å². The molecule has 0 atom stereocenters. The Morgan fingerprint density at radius 1 is 1.63 bits per heavy atom. The maximum absolute atomic E-state index is 12.0. The van der Waals surface area contributed by atoms with Crippen molar-refractivity contribution < 1.29 is 12.8 Å². The van der Waals surface area contributed by atoms with Gasteiger partial charge in [-0.15, -0.1) is 15.7 Å².